The van der Waals surface area contributed by atoms with Gasteiger partial charge in [-0.15, -0.1) is 0 Å². The molecular weight excluding hydrogens is 205 g/mol. The van der Waals surface area contributed by atoms with Crippen molar-refractivity contribution in [2.75, 3.05) is 6.61 Å². The first-order valence-corrected chi connectivity index (χ1v) is 4.18. The number of alkyl halides is 2. The smallest absolute Gasteiger partial charge is 0.725 e. The maximum Gasteiger partial charge on any atom is 1.00 e. The van der Waals surface area contributed by atoms with Gasteiger partial charge in [-0.2, -0.15) is 0 Å². The van der Waals surface area contributed by atoms with E-state index in [4.69, 9.17) is 0 Å². The Labute approximate surface area is 86.5 Å². The monoisotopic (exact) mass is 212 g/mol. The van der Waals surface area contributed by atoms with E-state index in [0.29, 0.717) is 0 Å². The average molecular weight is 212 g/mol. The zero-order valence-electron chi connectivity index (χ0n) is 7.07. The summed E-state index contributed by atoms with van der Waals surface area (Å²) in [5, 5.41) is 0. The Morgan fingerprint density at radius 1 is 1.46 bits per heavy atom. The van der Waals surface area contributed by atoms with Crippen LogP contribution in [0.2, 0.25) is 0 Å². The molecule has 0 saturated heterocycles. The minimum Gasteiger partial charge on any atom is -0.725 e. The third-order valence-corrected chi connectivity index (χ3v) is 1.22. The van der Waals surface area contributed by atoms with E-state index in [1.165, 1.54) is 0 Å². The molecule has 0 aromatic heterocycles. The van der Waals surface area contributed by atoms with Gasteiger partial charge in [-0.05, 0) is 6.92 Å². The van der Waals surface area contributed by atoms with Crippen LogP contribution in [0.4, 0.5) is 8.78 Å². The van der Waals surface area contributed by atoms with E-state index in [1.54, 1.807) is 0 Å². The van der Waals surface area contributed by atoms with Crippen LogP contribution in [-0.2, 0) is 19.3 Å². The molecule has 74 valence electrons. The summed E-state index contributed by atoms with van der Waals surface area (Å²) in [6, 6.07) is 0. The van der Waals surface area contributed by atoms with E-state index in [1.807, 2.05) is 0 Å². The summed E-state index contributed by atoms with van der Waals surface area (Å²) in [4.78, 5) is 0. The van der Waals surface area contributed by atoms with Crippen molar-refractivity contribution in [3.63, 3.8) is 0 Å². The zero-order valence-corrected chi connectivity index (χ0v) is 7.88. The fourth-order valence-electron chi connectivity index (χ4n) is 0.402. The summed E-state index contributed by atoms with van der Waals surface area (Å²) in [6.45, 7) is 0.0501. The number of rotatable bonds is 5. The number of hydrogen-bond donors (Lipinski definition) is 0. The van der Waals surface area contributed by atoms with Crippen LogP contribution in [0.15, 0.2) is 0 Å². The SMILES string of the molecule is CC(OCC(F)F)OS(=O)(=O)[O-].[Li+]. The van der Waals surface area contributed by atoms with E-state index in [9.17, 15) is 21.8 Å². The summed E-state index contributed by atoms with van der Waals surface area (Å²) in [5.41, 5.74) is 0. The molecule has 9 heteroatoms. The van der Waals surface area contributed by atoms with Crippen LogP contribution < -0.4 is 18.9 Å². The molecule has 1 unspecified atom stereocenters. The Bertz CT molecular complexity index is 219. The van der Waals surface area contributed by atoms with Crippen molar-refractivity contribution in [2.24, 2.45) is 0 Å². The summed E-state index contributed by atoms with van der Waals surface area (Å²) in [6.07, 6.45) is -4.22. The third kappa shape index (κ3) is 12.3. The quantitative estimate of drug-likeness (QED) is 0.211. The van der Waals surface area contributed by atoms with Crippen molar-refractivity contribution in [1.82, 2.24) is 0 Å². The van der Waals surface area contributed by atoms with E-state index < -0.39 is 29.7 Å². The van der Waals surface area contributed by atoms with Crippen molar-refractivity contribution in [3.05, 3.63) is 0 Å². The largest absolute Gasteiger partial charge is 1.00 e. The van der Waals surface area contributed by atoms with Gasteiger partial charge in [-0.3, -0.25) is 0 Å². The predicted octanol–water partition coefficient (Wildman–Crippen LogP) is -2.91. The van der Waals surface area contributed by atoms with Gasteiger partial charge < -0.3 is 9.29 Å². The van der Waals surface area contributed by atoms with Gasteiger partial charge in [0.1, 0.15) is 6.61 Å². The van der Waals surface area contributed by atoms with Gasteiger partial charge in [0.05, 0.1) is 0 Å². The number of hydrogen-bond acceptors (Lipinski definition) is 5. The Balaban J connectivity index is 0. The molecule has 13 heavy (non-hydrogen) atoms. The summed E-state index contributed by atoms with van der Waals surface area (Å²) >= 11 is 0. The zero-order chi connectivity index (χ0) is 9.78. The first-order valence-electron chi connectivity index (χ1n) is 2.85. The van der Waals surface area contributed by atoms with Gasteiger partial charge >= 0.3 is 18.9 Å². The van der Waals surface area contributed by atoms with Crippen LogP contribution in [0.5, 0.6) is 0 Å². The summed E-state index contributed by atoms with van der Waals surface area (Å²) in [7, 11) is -4.89. The molecule has 1 atom stereocenters. The molecule has 0 radical (unpaired) electrons. The number of ether oxygens (including phenoxy) is 1. The van der Waals surface area contributed by atoms with E-state index in [2.05, 4.69) is 8.92 Å². The fraction of sp³-hybridized carbons (Fsp3) is 1.00. The van der Waals surface area contributed by atoms with Gasteiger partial charge in [0.25, 0.3) is 6.43 Å². The van der Waals surface area contributed by atoms with Gasteiger partial charge in [0.2, 0.25) is 10.4 Å². The van der Waals surface area contributed by atoms with Crippen molar-refractivity contribution in [2.45, 2.75) is 19.6 Å². The van der Waals surface area contributed by atoms with Gasteiger partial charge in [-0.25, -0.2) is 21.4 Å². The minimum absolute atomic E-state index is 0. The van der Waals surface area contributed by atoms with Crippen LogP contribution in [0.25, 0.3) is 0 Å². The second-order valence-electron chi connectivity index (χ2n) is 1.80. The summed E-state index contributed by atoms with van der Waals surface area (Å²) in [5.74, 6) is 0. The van der Waals surface area contributed by atoms with Gasteiger partial charge in [-0.1, -0.05) is 0 Å². The van der Waals surface area contributed by atoms with Crippen LogP contribution in [0, 0.1) is 0 Å². The van der Waals surface area contributed by atoms with Crippen LogP contribution in [0.3, 0.4) is 0 Å². The Hall–Kier alpha value is 0.287. The molecule has 0 fully saturated rings. The van der Waals surface area contributed by atoms with Gasteiger partial charge in [0, 0.05) is 0 Å². The molecule has 0 aromatic carbocycles. The molecule has 0 aromatic rings. The third-order valence-electron chi connectivity index (χ3n) is 0.710. The van der Waals surface area contributed by atoms with Crippen LogP contribution in [-0.4, -0.2) is 32.3 Å². The minimum atomic E-state index is -4.89. The maximum atomic E-state index is 11.4. The second-order valence-corrected chi connectivity index (χ2v) is 2.81. The predicted molar refractivity (Wildman–Crippen MR) is 32.2 cm³/mol. The topological polar surface area (TPSA) is 75.7 Å². The molecule has 0 spiro atoms. The van der Waals surface area contributed by atoms with E-state index in [-0.39, 0.29) is 18.9 Å². The number of halogens is 2. The Morgan fingerprint density at radius 2 is 1.92 bits per heavy atom. The maximum absolute atomic E-state index is 11.4. The van der Waals surface area contributed by atoms with E-state index in [0.717, 1.165) is 6.92 Å². The van der Waals surface area contributed by atoms with Crippen molar-refractivity contribution in [1.29, 1.82) is 0 Å². The molecule has 0 saturated carbocycles. The van der Waals surface area contributed by atoms with Crippen molar-refractivity contribution < 1.29 is 49.5 Å². The van der Waals surface area contributed by atoms with Crippen LogP contribution in [0.1, 0.15) is 6.92 Å². The normalized spacial score (nSPS) is 13.9. The van der Waals surface area contributed by atoms with E-state index >= 15 is 0 Å². The van der Waals surface area contributed by atoms with Crippen molar-refractivity contribution in [3.8, 4) is 0 Å². The molecule has 0 bridgehead atoms. The second kappa shape index (κ2) is 6.70. The molecule has 0 aliphatic carbocycles. The van der Waals surface area contributed by atoms with Gasteiger partial charge in [0.15, 0.2) is 6.29 Å². The fourth-order valence-corrected chi connectivity index (χ4v) is 0.789. The summed E-state index contributed by atoms with van der Waals surface area (Å²) < 4.78 is 60.1. The Kier molecular flexibility index (Phi) is 8.11. The molecule has 5 nitrogen and oxygen atoms in total. The van der Waals surface area contributed by atoms with Crippen LogP contribution >= 0.6 is 0 Å². The molecule has 0 heterocycles. The molecule has 0 aliphatic heterocycles. The average Bonchev–Trinajstić information content (AvgIpc) is 1.79. The van der Waals surface area contributed by atoms with Crippen molar-refractivity contribution >= 4 is 10.4 Å². The molecule has 0 N–H and O–H groups in total. The Morgan fingerprint density at radius 3 is 2.23 bits per heavy atom. The molecule has 0 amide bonds. The molecular formula is C4H7F2LiO5S. The standard InChI is InChI=1S/C4H8F2O5S.Li/c1-3(10-2-4(5)6)11-12(7,8)9;/h3-4H,2H2,1H3,(H,7,8,9);/q;+1/p-1. The molecule has 0 rings (SSSR count). The first kappa shape index (κ1) is 15.7. The molecule has 0 aliphatic rings. The first-order chi connectivity index (χ1) is 5.31.